The number of hydrogen-bond donors (Lipinski definition) is 4. The van der Waals surface area contributed by atoms with Gasteiger partial charge in [0, 0.05) is 5.92 Å². The van der Waals surface area contributed by atoms with Crippen molar-refractivity contribution in [2.45, 2.75) is 44.5 Å². The first-order valence-corrected chi connectivity index (χ1v) is 8.57. The van der Waals surface area contributed by atoms with Gasteiger partial charge in [0.25, 0.3) is 0 Å². The van der Waals surface area contributed by atoms with Crippen molar-refractivity contribution in [2.75, 3.05) is 0 Å². The molecule has 0 aromatic carbocycles. The van der Waals surface area contributed by atoms with Crippen molar-refractivity contribution < 1.29 is 25.2 Å². The molecule has 0 amide bonds. The monoisotopic (exact) mass is 348 g/mol. The van der Waals surface area contributed by atoms with E-state index in [-0.39, 0.29) is 5.92 Å². The fraction of sp³-hybridized carbons (Fsp3) is 0.450. The van der Waals surface area contributed by atoms with Crippen LogP contribution in [0.2, 0.25) is 0 Å². The van der Waals surface area contributed by atoms with Gasteiger partial charge in [-0.2, -0.15) is 0 Å². The minimum atomic E-state index is -0.851. The molecule has 1 rings (SSSR count). The first-order valence-electron chi connectivity index (χ1n) is 8.57. The number of aliphatic hydroxyl groups is 3. The average Bonchev–Trinajstić information content (AvgIpc) is 3.38. The van der Waals surface area contributed by atoms with Crippen molar-refractivity contribution in [1.29, 1.82) is 0 Å². The Balaban J connectivity index is 2.22. The number of aliphatic carboxylic acids is 1. The standard InChI is InChI=1S/C20H28O5/c1-2-15(21)10-7-5-8-12-16(22)11-6-3-4-9-13-19(23)17-14-18(17)20(24)25/h3-11,13,15-19,21-23H,2,12,14H2,1H3,(H,24,25)/b4-3+,8-5-,10-7+,11-6+,13-9-/t15-,16+,17+,18+,19-/m1/s1. The molecule has 5 heteroatoms. The zero-order valence-corrected chi connectivity index (χ0v) is 14.5. The van der Waals surface area contributed by atoms with Gasteiger partial charge in [-0.05, 0) is 19.3 Å². The Morgan fingerprint density at radius 2 is 1.56 bits per heavy atom. The van der Waals surface area contributed by atoms with Crippen LogP contribution in [0.4, 0.5) is 0 Å². The number of carboxylic acid groups (broad SMARTS) is 1. The summed E-state index contributed by atoms with van der Waals surface area (Å²) in [7, 11) is 0. The lowest BCUT2D eigenvalue weighted by Crippen LogP contribution is -2.10. The Labute approximate surface area is 149 Å². The molecule has 1 fully saturated rings. The third-order valence-electron chi connectivity index (χ3n) is 3.95. The van der Waals surface area contributed by atoms with E-state index < -0.39 is 30.2 Å². The molecule has 138 valence electrons. The van der Waals surface area contributed by atoms with Gasteiger partial charge in [0.15, 0.2) is 0 Å². The number of carbonyl (C=O) groups is 1. The molecule has 0 bridgehead atoms. The van der Waals surface area contributed by atoms with Crippen molar-refractivity contribution in [3.05, 3.63) is 60.8 Å². The fourth-order valence-electron chi connectivity index (χ4n) is 2.22. The number of allylic oxidation sites excluding steroid dienone is 6. The number of carboxylic acids is 1. The van der Waals surface area contributed by atoms with E-state index in [1.807, 2.05) is 13.0 Å². The molecule has 0 aliphatic heterocycles. The molecular weight excluding hydrogens is 320 g/mol. The molecule has 0 radical (unpaired) electrons. The van der Waals surface area contributed by atoms with E-state index in [1.54, 1.807) is 54.7 Å². The van der Waals surface area contributed by atoms with Gasteiger partial charge in [-0.25, -0.2) is 0 Å². The maximum Gasteiger partial charge on any atom is 0.306 e. The molecule has 0 unspecified atom stereocenters. The van der Waals surface area contributed by atoms with Crippen molar-refractivity contribution in [1.82, 2.24) is 0 Å². The van der Waals surface area contributed by atoms with Crippen molar-refractivity contribution in [2.24, 2.45) is 11.8 Å². The highest BCUT2D eigenvalue weighted by molar-refractivity contribution is 5.73. The van der Waals surface area contributed by atoms with Gasteiger partial charge in [0.05, 0.1) is 24.2 Å². The summed E-state index contributed by atoms with van der Waals surface area (Å²) in [6, 6.07) is 0. The zero-order chi connectivity index (χ0) is 18.7. The lowest BCUT2D eigenvalue weighted by molar-refractivity contribution is -0.139. The van der Waals surface area contributed by atoms with Gasteiger partial charge in [-0.1, -0.05) is 67.7 Å². The van der Waals surface area contributed by atoms with Crippen LogP contribution in [0.3, 0.4) is 0 Å². The largest absolute Gasteiger partial charge is 0.481 e. The van der Waals surface area contributed by atoms with Crippen LogP contribution in [-0.2, 0) is 4.79 Å². The van der Waals surface area contributed by atoms with Crippen molar-refractivity contribution in [3.8, 4) is 0 Å². The topological polar surface area (TPSA) is 98.0 Å². The van der Waals surface area contributed by atoms with Crippen LogP contribution in [0.5, 0.6) is 0 Å². The molecule has 0 aromatic rings. The van der Waals surface area contributed by atoms with Gasteiger partial charge in [-0.3, -0.25) is 4.79 Å². The van der Waals surface area contributed by atoms with Crippen LogP contribution in [0.15, 0.2) is 60.8 Å². The summed E-state index contributed by atoms with van der Waals surface area (Å²) in [4.78, 5) is 10.7. The summed E-state index contributed by atoms with van der Waals surface area (Å²) >= 11 is 0. The predicted molar refractivity (Wildman–Crippen MR) is 97.9 cm³/mol. The Bertz CT molecular complexity index is 544. The summed E-state index contributed by atoms with van der Waals surface area (Å²) in [5.74, 6) is -1.46. The van der Waals surface area contributed by atoms with Crippen LogP contribution in [0.1, 0.15) is 26.2 Å². The van der Waals surface area contributed by atoms with E-state index >= 15 is 0 Å². The van der Waals surface area contributed by atoms with Crippen LogP contribution in [-0.4, -0.2) is 44.7 Å². The highest BCUT2D eigenvalue weighted by Gasteiger charge is 2.46. The molecule has 1 aliphatic carbocycles. The SMILES string of the molecule is CC[C@@H](O)/C=C/C=C\C[C@@H](O)/C=C/C=C/C=C\[C@@H](O)[C@H]1C[C@@H]1C(=O)O. The number of rotatable bonds is 11. The second-order valence-electron chi connectivity index (χ2n) is 6.08. The lowest BCUT2D eigenvalue weighted by Gasteiger charge is -2.01. The van der Waals surface area contributed by atoms with Crippen LogP contribution in [0.25, 0.3) is 0 Å². The van der Waals surface area contributed by atoms with Crippen molar-refractivity contribution in [3.63, 3.8) is 0 Å². The summed E-state index contributed by atoms with van der Waals surface area (Å²) in [5, 5.41) is 37.6. The zero-order valence-electron chi connectivity index (χ0n) is 14.5. The minimum absolute atomic E-state index is 0.182. The molecule has 5 atom stereocenters. The van der Waals surface area contributed by atoms with Gasteiger partial charge in [-0.15, -0.1) is 0 Å². The maximum absolute atomic E-state index is 10.7. The molecule has 4 N–H and O–H groups in total. The molecule has 0 saturated heterocycles. The normalized spacial score (nSPS) is 24.8. The molecule has 25 heavy (non-hydrogen) atoms. The minimum Gasteiger partial charge on any atom is -0.481 e. The van der Waals surface area contributed by atoms with Gasteiger partial charge in [0.2, 0.25) is 0 Å². The van der Waals surface area contributed by atoms with Crippen LogP contribution < -0.4 is 0 Å². The van der Waals surface area contributed by atoms with Gasteiger partial charge in [0.1, 0.15) is 0 Å². The Kier molecular flexibility index (Phi) is 9.77. The van der Waals surface area contributed by atoms with Crippen LogP contribution >= 0.6 is 0 Å². The van der Waals surface area contributed by atoms with E-state index in [0.717, 1.165) is 0 Å². The van der Waals surface area contributed by atoms with Crippen molar-refractivity contribution >= 4 is 5.97 Å². The molecule has 5 nitrogen and oxygen atoms in total. The molecule has 0 heterocycles. The predicted octanol–water partition coefficient (Wildman–Crippen LogP) is 2.37. The summed E-state index contributed by atoms with van der Waals surface area (Å²) in [6.07, 6.45) is 17.0. The summed E-state index contributed by atoms with van der Waals surface area (Å²) in [6.45, 7) is 1.90. The molecule has 0 spiro atoms. The Hall–Kier alpha value is -1.95. The second kappa shape index (κ2) is 11.6. The van der Waals surface area contributed by atoms with E-state index in [1.165, 1.54) is 0 Å². The quantitative estimate of drug-likeness (QED) is 0.430. The van der Waals surface area contributed by atoms with E-state index in [0.29, 0.717) is 19.3 Å². The summed E-state index contributed by atoms with van der Waals surface area (Å²) < 4.78 is 0. The lowest BCUT2D eigenvalue weighted by atomic mass is 10.2. The molecular formula is C20H28O5. The van der Waals surface area contributed by atoms with E-state index in [4.69, 9.17) is 5.11 Å². The van der Waals surface area contributed by atoms with E-state index in [9.17, 15) is 20.1 Å². The number of aliphatic hydroxyl groups excluding tert-OH is 3. The maximum atomic E-state index is 10.7. The third-order valence-corrected chi connectivity index (χ3v) is 3.95. The smallest absolute Gasteiger partial charge is 0.306 e. The highest BCUT2D eigenvalue weighted by atomic mass is 16.4. The van der Waals surface area contributed by atoms with Gasteiger partial charge < -0.3 is 20.4 Å². The first kappa shape index (κ1) is 21.1. The number of hydrogen-bond acceptors (Lipinski definition) is 4. The highest BCUT2D eigenvalue weighted by Crippen LogP contribution is 2.41. The van der Waals surface area contributed by atoms with Crippen LogP contribution in [0, 0.1) is 11.8 Å². The molecule has 1 saturated carbocycles. The summed E-state index contributed by atoms with van der Waals surface area (Å²) in [5.41, 5.74) is 0. The average molecular weight is 348 g/mol. The Morgan fingerprint density at radius 1 is 0.960 bits per heavy atom. The molecule has 0 aromatic heterocycles. The van der Waals surface area contributed by atoms with E-state index in [2.05, 4.69) is 0 Å². The second-order valence-corrected chi connectivity index (χ2v) is 6.08. The van der Waals surface area contributed by atoms with Gasteiger partial charge >= 0.3 is 5.97 Å². The first-order chi connectivity index (χ1) is 12.0. The third kappa shape index (κ3) is 9.19. The molecule has 1 aliphatic rings. The Morgan fingerprint density at radius 3 is 2.16 bits per heavy atom. The fourth-order valence-corrected chi connectivity index (χ4v) is 2.22.